The third-order valence-electron chi connectivity index (χ3n) is 3.25. The molecule has 5 nitrogen and oxygen atoms in total. The molecule has 1 aromatic heterocycles. The fourth-order valence-corrected chi connectivity index (χ4v) is 2.35. The molecule has 0 aliphatic carbocycles. The van der Waals surface area contributed by atoms with Gasteiger partial charge in [0.1, 0.15) is 12.7 Å². The summed E-state index contributed by atoms with van der Waals surface area (Å²) in [5.74, 6) is 0. The van der Waals surface area contributed by atoms with E-state index in [0.29, 0.717) is 0 Å². The van der Waals surface area contributed by atoms with Gasteiger partial charge in [-0.15, -0.1) is 0 Å². The van der Waals surface area contributed by atoms with Gasteiger partial charge in [0, 0.05) is 31.9 Å². The molecule has 0 spiro atoms. The lowest BCUT2D eigenvalue weighted by Crippen LogP contribution is -2.43. The second-order valence-electron chi connectivity index (χ2n) is 4.46. The van der Waals surface area contributed by atoms with Crippen molar-refractivity contribution >= 4 is 5.69 Å². The van der Waals surface area contributed by atoms with Crippen LogP contribution in [0.15, 0.2) is 36.9 Å². The molecule has 1 saturated heterocycles. The Bertz CT molecular complexity index is 488. The van der Waals surface area contributed by atoms with E-state index < -0.39 is 0 Å². The van der Waals surface area contributed by atoms with Gasteiger partial charge in [-0.2, -0.15) is 5.10 Å². The van der Waals surface area contributed by atoms with E-state index >= 15 is 0 Å². The molecular formula is C13H17N5. The summed E-state index contributed by atoms with van der Waals surface area (Å²) in [7, 11) is 0. The van der Waals surface area contributed by atoms with Gasteiger partial charge in [-0.1, -0.05) is 18.2 Å². The van der Waals surface area contributed by atoms with Crippen molar-refractivity contribution in [1.29, 1.82) is 0 Å². The third kappa shape index (κ3) is 2.36. The van der Waals surface area contributed by atoms with Crippen LogP contribution in [-0.2, 0) is 6.54 Å². The molecule has 1 N–H and O–H groups in total. The van der Waals surface area contributed by atoms with Crippen molar-refractivity contribution in [3.05, 3.63) is 42.5 Å². The van der Waals surface area contributed by atoms with Crippen molar-refractivity contribution in [2.45, 2.75) is 6.54 Å². The zero-order valence-corrected chi connectivity index (χ0v) is 10.3. The first kappa shape index (κ1) is 11.2. The first-order valence-corrected chi connectivity index (χ1v) is 6.29. The second-order valence-corrected chi connectivity index (χ2v) is 4.46. The second kappa shape index (κ2) is 5.18. The third-order valence-corrected chi connectivity index (χ3v) is 3.25. The SMILES string of the molecule is c1ccc(N2CCNCC2)c(Cn2cncn2)c1. The smallest absolute Gasteiger partial charge is 0.137 e. The molecule has 18 heavy (non-hydrogen) atoms. The van der Waals surface area contributed by atoms with E-state index in [0.717, 1.165) is 32.7 Å². The van der Waals surface area contributed by atoms with Crippen molar-refractivity contribution < 1.29 is 0 Å². The molecule has 1 aliphatic rings. The zero-order valence-electron chi connectivity index (χ0n) is 10.3. The number of aromatic nitrogens is 3. The fraction of sp³-hybridized carbons (Fsp3) is 0.385. The molecule has 0 amide bonds. The van der Waals surface area contributed by atoms with Gasteiger partial charge >= 0.3 is 0 Å². The van der Waals surface area contributed by atoms with Crippen LogP contribution in [0.4, 0.5) is 5.69 Å². The van der Waals surface area contributed by atoms with E-state index in [4.69, 9.17) is 0 Å². The summed E-state index contributed by atoms with van der Waals surface area (Å²) in [4.78, 5) is 6.42. The molecule has 5 heteroatoms. The van der Waals surface area contributed by atoms with Crippen molar-refractivity contribution in [2.75, 3.05) is 31.1 Å². The van der Waals surface area contributed by atoms with Gasteiger partial charge in [0.15, 0.2) is 0 Å². The van der Waals surface area contributed by atoms with Crippen LogP contribution in [0.2, 0.25) is 0 Å². The van der Waals surface area contributed by atoms with E-state index in [1.165, 1.54) is 11.3 Å². The van der Waals surface area contributed by atoms with Crippen molar-refractivity contribution in [3.63, 3.8) is 0 Å². The standard InChI is InChI=1S/C13H17N5/c1-2-4-13(17-7-5-14-6-8-17)12(3-1)9-18-11-15-10-16-18/h1-4,10-11,14H,5-9H2. The molecule has 2 heterocycles. The zero-order chi connectivity index (χ0) is 12.2. The highest BCUT2D eigenvalue weighted by atomic mass is 15.3. The Kier molecular flexibility index (Phi) is 3.23. The Morgan fingerprint density at radius 3 is 2.78 bits per heavy atom. The average Bonchev–Trinajstić information content (AvgIpc) is 2.93. The lowest BCUT2D eigenvalue weighted by molar-refractivity contribution is 0.585. The summed E-state index contributed by atoms with van der Waals surface area (Å²) in [6.07, 6.45) is 3.34. The Morgan fingerprint density at radius 1 is 1.17 bits per heavy atom. The molecule has 2 aromatic rings. The molecule has 0 atom stereocenters. The minimum atomic E-state index is 0.778. The predicted octanol–water partition coefficient (Wildman–Crippen LogP) is 0.736. The number of piperazine rings is 1. The van der Waals surface area contributed by atoms with Gasteiger partial charge in [0.05, 0.1) is 6.54 Å². The molecule has 0 unspecified atom stereocenters. The highest BCUT2D eigenvalue weighted by molar-refractivity contribution is 5.54. The summed E-state index contributed by atoms with van der Waals surface area (Å²) >= 11 is 0. The summed E-state index contributed by atoms with van der Waals surface area (Å²) in [6.45, 7) is 5.01. The van der Waals surface area contributed by atoms with Crippen molar-refractivity contribution in [1.82, 2.24) is 20.1 Å². The van der Waals surface area contributed by atoms with Crippen LogP contribution < -0.4 is 10.2 Å². The molecule has 0 saturated carbocycles. The van der Waals surface area contributed by atoms with Crippen molar-refractivity contribution in [3.8, 4) is 0 Å². The van der Waals surface area contributed by atoms with Gasteiger partial charge in [-0.3, -0.25) is 0 Å². The average molecular weight is 243 g/mol. The summed E-state index contributed by atoms with van der Waals surface area (Å²) in [5, 5.41) is 7.55. The first-order chi connectivity index (χ1) is 8.93. The van der Waals surface area contributed by atoms with Crippen LogP contribution in [0.1, 0.15) is 5.56 Å². The van der Waals surface area contributed by atoms with E-state index in [1.54, 1.807) is 12.7 Å². The van der Waals surface area contributed by atoms with E-state index in [-0.39, 0.29) is 0 Å². The number of nitrogens with zero attached hydrogens (tertiary/aromatic N) is 4. The lowest BCUT2D eigenvalue weighted by atomic mass is 10.1. The monoisotopic (exact) mass is 243 g/mol. The van der Waals surface area contributed by atoms with Gasteiger partial charge in [-0.25, -0.2) is 9.67 Å². The molecule has 0 bridgehead atoms. The Labute approximate surface area is 106 Å². The Morgan fingerprint density at radius 2 is 2.00 bits per heavy atom. The minimum Gasteiger partial charge on any atom is -0.369 e. The number of rotatable bonds is 3. The highest BCUT2D eigenvalue weighted by Gasteiger charge is 2.13. The number of benzene rings is 1. The van der Waals surface area contributed by atoms with Crippen molar-refractivity contribution in [2.24, 2.45) is 0 Å². The van der Waals surface area contributed by atoms with Gasteiger partial charge in [0.2, 0.25) is 0 Å². The molecule has 1 aliphatic heterocycles. The maximum Gasteiger partial charge on any atom is 0.137 e. The Hall–Kier alpha value is -1.88. The number of nitrogens with one attached hydrogen (secondary N) is 1. The molecule has 1 fully saturated rings. The largest absolute Gasteiger partial charge is 0.369 e. The van der Waals surface area contributed by atoms with Crippen LogP contribution in [0.3, 0.4) is 0 Å². The summed E-state index contributed by atoms with van der Waals surface area (Å²) in [6, 6.07) is 8.54. The van der Waals surface area contributed by atoms with Crippen LogP contribution in [0.25, 0.3) is 0 Å². The van der Waals surface area contributed by atoms with Crippen LogP contribution in [-0.4, -0.2) is 40.9 Å². The van der Waals surface area contributed by atoms with Gasteiger partial charge in [-0.05, 0) is 11.6 Å². The maximum atomic E-state index is 4.17. The molecular weight excluding hydrogens is 226 g/mol. The normalized spacial score (nSPS) is 15.9. The fourth-order valence-electron chi connectivity index (χ4n) is 2.35. The maximum absolute atomic E-state index is 4.17. The van der Waals surface area contributed by atoms with Gasteiger partial charge in [0.25, 0.3) is 0 Å². The number of hydrogen-bond donors (Lipinski definition) is 1. The number of hydrogen-bond acceptors (Lipinski definition) is 4. The Balaban J connectivity index is 1.84. The minimum absolute atomic E-state index is 0.778. The number of anilines is 1. The number of para-hydroxylation sites is 1. The summed E-state index contributed by atoms with van der Waals surface area (Å²) < 4.78 is 1.86. The highest BCUT2D eigenvalue weighted by Crippen LogP contribution is 2.21. The summed E-state index contributed by atoms with van der Waals surface area (Å²) in [5.41, 5.74) is 2.61. The molecule has 1 aromatic carbocycles. The topological polar surface area (TPSA) is 46.0 Å². The molecule has 94 valence electrons. The van der Waals surface area contributed by atoms with Gasteiger partial charge < -0.3 is 10.2 Å². The molecule has 3 rings (SSSR count). The lowest BCUT2D eigenvalue weighted by Gasteiger charge is -2.31. The van der Waals surface area contributed by atoms with E-state index in [9.17, 15) is 0 Å². The predicted molar refractivity (Wildman–Crippen MR) is 70.6 cm³/mol. The van der Waals surface area contributed by atoms with Crippen LogP contribution >= 0.6 is 0 Å². The van der Waals surface area contributed by atoms with Crippen LogP contribution in [0.5, 0.6) is 0 Å². The van der Waals surface area contributed by atoms with Crippen LogP contribution in [0, 0.1) is 0 Å². The molecule has 0 radical (unpaired) electrons. The first-order valence-electron chi connectivity index (χ1n) is 6.29. The van der Waals surface area contributed by atoms with E-state index in [2.05, 4.69) is 44.6 Å². The van der Waals surface area contributed by atoms with E-state index in [1.807, 2.05) is 4.68 Å². The quantitative estimate of drug-likeness (QED) is 0.863.